The van der Waals surface area contributed by atoms with Crippen molar-refractivity contribution >= 4 is 11.9 Å². The Balaban J connectivity index is 1.41. The number of ether oxygens (including phenoxy) is 1. The zero-order valence-electron chi connectivity index (χ0n) is 15.6. The van der Waals surface area contributed by atoms with Crippen LogP contribution >= 0.6 is 0 Å². The molecule has 2 heterocycles. The summed E-state index contributed by atoms with van der Waals surface area (Å²) in [7, 11) is 0. The smallest absolute Gasteiger partial charge is 0.307 e. The maximum absolute atomic E-state index is 12.7. The number of benzene rings is 1. The van der Waals surface area contributed by atoms with Crippen LogP contribution < -0.4 is 10.9 Å². The van der Waals surface area contributed by atoms with E-state index in [1.54, 1.807) is 6.07 Å². The molecule has 1 aliphatic heterocycles. The lowest BCUT2D eigenvalue weighted by Gasteiger charge is -2.27. The quantitative estimate of drug-likeness (QED) is 0.799. The molecule has 1 spiro atoms. The third-order valence-electron chi connectivity index (χ3n) is 5.65. The summed E-state index contributed by atoms with van der Waals surface area (Å²) in [5.41, 5.74) is 0.778. The lowest BCUT2D eigenvalue weighted by atomic mass is 9.85. The van der Waals surface area contributed by atoms with Gasteiger partial charge >= 0.3 is 5.97 Å². The molecule has 7 nitrogen and oxygen atoms in total. The van der Waals surface area contributed by atoms with Gasteiger partial charge in [0.05, 0.1) is 24.6 Å². The van der Waals surface area contributed by atoms with Crippen LogP contribution in [0.4, 0.5) is 0 Å². The van der Waals surface area contributed by atoms with Gasteiger partial charge in [-0.25, -0.2) is 4.68 Å². The lowest BCUT2D eigenvalue weighted by molar-refractivity contribution is -0.149. The molecule has 4 rings (SSSR count). The number of nitrogens with zero attached hydrogens (tertiary/aromatic N) is 2. The van der Waals surface area contributed by atoms with Crippen LogP contribution in [0.5, 0.6) is 0 Å². The van der Waals surface area contributed by atoms with Gasteiger partial charge in [-0.3, -0.25) is 14.4 Å². The van der Waals surface area contributed by atoms with Gasteiger partial charge in [0.25, 0.3) is 5.56 Å². The van der Waals surface area contributed by atoms with Crippen LogP contribution in [0.15, 0.2) is 47.3 Å². The highest BCUT2D eigenvalue weighted by molar-refractivity contribution is 5.87. The summed E-state index contributed by atoms with van der Waals surface area (Å²) in [5, 5.41) is 7.25. The maximum Gasteiger partial charge on any atom is 0.307 e. The standard InChI is InChI=1S/C21H23N3O4/c25-18-9-8-17(15-6-2-1-3-7-15)23-24(18)13-12-22-20(27)16-14-19(26)28-21(16)10-4-5-11-21/h1-3,6-9,16H,4-5,10-14H2,(H,22,27)/t16-/m0/s1. The van der Waals surface area contributed by atoms with E-state index in [0.717, 1.165) is 31.2 Å². The number of hydrogen-bond acceptors (Lipinski definition) is 5. The van der Waals surface area contributed by atoms with Crippen molar-refractivity contribution in [1.82, 2.24) is 15.1 Å². The predicted molar refractivity (Wildman–Crippen MR) is 102 cm³/mol. The first-order valence-electron chi connectivity index (χ1n) is 9.71. The summed E-state index contributed by atoms with van der Waals surface area (Å²) in [6.07, 6.45) is 3.58. The Labute approximate surface area is 162 Å². The fraction of sp³-hybridized carbons (Fsp3) is 0.429. The van der Waals surface area contributed by atoms with Crippen LogP contribution in [0.1, 0.15) is 32.1 Å². The third-order valence-corrected chi connectivity index (χ3v) is 5.65. The molecule has 1 aromatic carbocycles. The average Bonchev–Trinajstić information content (AvgIpc) is 3.30. The van der Waals surface area contributed by atoms with E-state index in [0.29, 0.717) is 5.69 Å². The predicted octanol–water partition coefficient (Wildman–Crippen LogP) is 1.90. The van der Waals surface area contributed by atoms with Crippen molar-refractivity contribution in [1.29, 1.82) is 0 Å². The minimum absolute atomic E-state index is 0.132. The molecular weight excluding hydrogens is 358 g/mol. The molecule has 7 heteroatoms. The number of rotatable bonds is 5. The minimum Gasteiger partial charge on any atom is -0.458 e. The van der Waals surface area contributed by atoms with E-state index in [1.807, 2.05) is 30.3 Å². The fourth-order valence-electron chi connectivity index (χ4n) is 4.23. The van der Waals surface area contributed by atoms with Crippen molar-refractivity contribution in [3.05, 3.63) is 52.8 Å². The summed E-state index contributed by atoms with van der Waals surface area (Å²) in [6, 6.07) is 12.8. The highest BCUT2D eigenvalue weighted by atomic mass is 16.6. The third kappa shape index (κ3) is 3.56. The second-order valence-electron chi connectivity index (χ2n) is 7.44. The van der Waals surface area contributed by atoms with E-state index in [1.165, 1.54) is 10.7 Å². The molecule has 1 aliphatic carbocycles. The molecule has 28 heavy (non-hydrogen) atoms. The molecule has 2 aliphatic rings. The molecule has 2 aromatic rings. The first kappa shape index (κ1) is 18.4. The van der Waals surface area contributed by atoms with Gasteiger partial charge in [-0.1, -0.05) is 30.3 Å². The van der Waals surface area contributed by atoms with E-state index < -0.39 is 11.5 Å². The molecule has 1 saturated heterocycles. The van der Waals surface area contributed by atoms with Crippen LogP contribution in [-0.4, -0.2) is 33.8 Å². The molecular formula is C21H23N3O4. The molecule has 1 atom stereocenters. The van der Waals surface area contributed by atoms with Gasteiger partial charge in [0.1, 0.15) is 5.60 Å². The summed E-state index contributed by atoms with van der Waals surface area (Å²) in [6.45, 7) is 0.532. The Morgan fingerprint density at radius 3 is 2.64 bits per heavy atom. The number of carbonyl (C=O) groups excluding carboxylic acids is 2. The monoisotopic (exact) mass is 381 g/mol. The van der Waals surface area contributed by atoms with Gasteiger partial charge in [-0.05, 0) is 31.7 Å². The summed E-state index contributed by atoms with van der Waals surface area (Å²) < 4.78 is 6.88. The molecule has 2 fully saturated rings. The molecule has 1 amide bonds. The van der Waals surface area contributed by atoms with Crippen LogP contribution in [0.3, 0.4) is 0 Å². The van der Waals surface area contributed by atoms with Gasteiger partial charge in [0, 0.05) is 18.2 Å². The van der Waals surface area contributed by atoms with Crippen LogP contribution in [0.25, 0.3) is 11.3 Å². The average molecular weight is 381 g/mol. The molecule has 1 aromatic heterocycles. The van der Waals surface area contributed by atoms with Crippen molar-refractivity contribution in [2.45, 2.75) is 44.2 Å². The van der Waals surface area contributed by atoms with Crippen molar-refractivity contribution in [2.24, 2.45) is 5.92 Å². The highest BCUT2D eigenvalue weighted by Crippen LogP contribution is 2.45. The summed E-state index contributed by atoms with van der Waals surface area (Å²) in [5.74, 6) is -0.918. The lowest BCUT2D eigenvalue weighted by Crippen LogP contribution is -2.44. The van der Waals surface area contributed by atoms with E-state index in [4.69, 9.17) is 4.74 Å². The Hall–Kier alpha value is -2.96. The van der Waals surface area contributed by atoms with E-state index in [2.05, 4.69) is 10.4 Å². The number of amides is 1. The van der Waals surface area contributed by atoms with Gasteiger partial charge in [0.15, 0.2) is 0 Å². The second-order valence-corrected chi connectivity index (χ2v) is 7.44. The zero-order valence-corrected chi connectivity index (χ0v) is 15.6. The van der Waals surface area contributed by atoms with Crippen LogP contribution in [0, 0.1) is 5.92 Å². The first-order chi connectivity index (χ1) is 13.6. The van der Waals surface area contributed by atoms with Gasteiger partial charge in [-0.2, -0.15) is 5.10 Å². The zero-order chi connectivity index (χ0) is 19.6. The number of nitrogens with one attached hydrogen (secondary N) is 1. The SMILES string of the molecule is O=C1C[C@@H](C(=O)NCCn2nc(-c3ccccc3)ccc2=O)C2(CCCC2)O1. The summed E-state index contributed by atoms with van der Waals surface area (Å²) >= 11 is 0. The van der Waals surface area contributed by atoms with Crippen molar-refractivity contribution in [3.8, 4) is 11.3 Å². The van der Waals surface area contributed by atoms with Crippen LogP contribution in [0.2, 0.25) is 0 Å². The molecule has 0 radical (unpaired) electrons. The van der Waals surface area contributed by atoms with Gasteiger partial charge in [-0.15, -0.1) is 0 Å². The topological polar surface area (TPSA) is 90.3 Å². The maximum atomic E-state index is 12.7. The second kappa shape index (κ2) is 7.58. The van der Waals surface area contributed by atoms with Crippen LogP contribution in [-0.2, 0) is 20.9 Å². The molecule has 0 unspecified atom stereocenters. The molecule has 146 valence electrons. The Bertz CT molecular complexity index is 932. The number of aromatic nitrogens is 2. The van der Waals surface area contributed by atoms with Crippen molar-refractivity contribution in [3.63, 3.8) is 0 Å². The molecule has 0 bridgehead atoms. The Morgan fingerprint density at radius 1 is 1.14 bits per heavy atom. The van der Waals surface area contributed by atoms with Gasteiger partial charge in [0.2, 0.25) is 5.91 Å². The first-order valence-corrected chi connectivity index (χ1v) is 9.71. The number of carbonyl (C=O) groups is 2. The molecule has 1 saturated carbocycles. The summed E-state index contributed by atoms with van der Waals surface area (Å²) in [4.78, 5) is 36.5. The largest absolute Gasteiger partial charge is 0.458 e. The van der Waals surface area contributed by atoms with Crippen molar-refractivity contribution < 1.29 is 14.3 Å². The minimum atomic E-state index is -0.622. The van der Waals surface area contributed by atoms with E-state index in [-0.39, 0.29) is 36.9 Å². The number of esters is 1. The van der Waals surface area contributed by atoms with Crippen molar-refractivity contribution in [2.75, 3.05) is 6.54 Å². The van der Waals surface area contributed by atoms with Gasteiger partial charge < -0.3 is 10.1 Å². The highest BCUT2D eigenvalue weighted by Gasteiger charge is 2.53. The normalized spacial score (nSPS) is 20.3. The Kier molecular flexibility index (Phi) is 4.98. The fourth-order valence-corrected chi connectivity index (χ4v) is 4.23. The van der Waals surface area contributed by atoms with E-state index in [9.17, 15) is 14.4 Å². The van der Waals surface area contributed by atoms with E-state index >= 15 is 0 Å². The number of hydrogen-bond donors (Lipinski definition) is 1. The Morgan fingerprint density at radius 2 is 1.89 bits per heavy atom. The molecule has 1 N–H and O–H groups in total.